The van der Waals surface area contributed by atoms with E-state index in [-0.39, 0.29) is 0 Å². The Morgan fingerprint density at radius 3 is 2.29 bits per heavy atom. The molecule has 7 heteroatoms. The van der Waals surface area contributed by atoms with Crippen LogP contribution in [0.1, 0.15) is 10.5 Å². The molecule has 112 valence electrons. The Balaban J connectivity index is 2.36. The highest BCUT2D eigenvalue weighted by atomic mass is 19.4. The summed E-state index contributed by atoms with van der Waals surface area (Å²) < 4.78 is 47.3. The van der Waals surface area contributed by atoms with Crippen LogP contribution in [0.2, 0.25) is 0 Å². The Hall–Kier alpha value is -2.44. The number of aromatic amines is 1. The average Bonchev–Trinajstić information content (AvgIpc) is 2.94. The molecule has 1 aromatic carbocycles. The summed E-state index contributed by atoms with van der Waals surface area (Å²) in [6, 6.07) is 7.38. The Morgan fingerprint density at radius 1 is 1.05 bits per heavy atom. The summed E-state index contributed by atoms with van der Waals surface area (Å²) in [5.74, 6) is -0.970. The molecule has 4 nitrogen and oxygen atoms in total. The predicted octanol–water partition coefficient (Wildman–Crippen LogP) is 3.44. The fraction of sp³-hybridized carbons (Fsp3) is 0.214. The van der Waals surface area contributed by atoms with Crippen molar-refractivity contribution in [1.29, 1.82) is 0 Å². The molecule has 1 heterocycles. The van der Waals surface area contributed by atoms with Crippen LogP contribution in [0.3, 0.4) is 0 Å². The third kappa shape index (κ3) is 3.01. The first kappa shape index (κ1) is 15.0. The minimum absolute atomic E-state index is 0.378. The van der Waals surface area contributed by atoms with Gasteiger partial charge in [-0.15, -0.1) is 0 Å². The molecule has 1 aromatic heterocycles. The van der Waals surface area contributed by atoms with E-state index in [9.17, 15) is 18.0 Å². The molecule has 0 radical (unpaired) electrons. The lowest BCUT2D eigenvalue weighted by atomic mass is 10.1. The van der Waals surface area contributed by atoms with Gasteiger partial charge >= 0.3 is 6.18 Å². The first-order valence-corrected chi connectivity index (χ1v) is 5.89. The number of H-pyrrole nitrogens is 1. The largest absolute Gasteiger partial charge is 0.493 e. The topological polar surface area (TPSA) is 51.3 Å². The van der Waals surface area contributed by atoms with Gasteiger partial charge in [0.25, 0.3) is 5.78 Å². The number of benzene rings is 1. The second-order valence-corrected chi connectivity index (χ2v) is 4.18. The third-order valence-electron chi connectivity index (χ3n) is 2.88. The van der Waals surface area contributed by atoms with E-state index in [4.69, 9.17) is 9.47 Å². The second-order valence-electron chi connectivity index (χ2n) is 4.18. The molecule has 0 amide bonds. The first-order chi connectivity index (χ1) is 9.86. The van der Waals surface area contributed by atoms with E-state index in [2.05, 4.69) is 4.98 Å². The van der Waals surface area contributed by atoms with Crippen molar-refractivity contribution in [1.82, 2.24) is 4.98 Å². The summed E-state index contributed by atoms with van der Waals surface area (Å²) in [6.45, 7) is 0. The number of carbonyl (C=O) groups excluding carboxylic acids is 1. The molecule has 0 bridgehead atoms. The Bertz CT molecular complexity index is 662. The molecular weight excluding hydrogens is 287 g/mol. The van der Waals surface area contributed by atoms with Crippen LogP contribution in [0.25, 0.3) is 11.3 Å². The van der Waals surface area contributed by atoms with Crippen LogP contribution in [-0.4, -0.2) is 31.2 Å². The first-order valence-electron chi connectivity index (χ1n) is 5.89. The van der Waals surface area contributed by atoms with Gasteiger partial charge in [0.2, 0.25) is 0 Å². The molecule has 0 saturated carbocycles. The highest BCUT2D eigenvalue weighted by Crippen LogP contribution is 2.32. The van der Waals surface area contributed by atoms with Crippen LogP contribution < -0.4 is 9.47 Å². The zero-order valence-electron chi connectivity index (χ0n) is 11.2. The van der Waals surface area contributed by atoms with Crippen molar-refractivity contribution in [3.8, 4) is 22.8 Å². The summed E-state index contributed by atoms with van der Waals surface area (Å²) in [5, 5.41) is 0. The van der Waals surface area contributed by atoms with Gasteiger partial charge < -0.3 is 14.5 Å². The molecule has 2 aromatic rings. The zero-order valence-corrected chi connectivity index (χ0v) is 11.2. The van der Waals surface area contributed by atoms with Crippen molar-refractivity contribution in [3.63, 3.8) is 0 Å². The van der Waals surface area contributed by atoms with Gasteiger partial charge in [0, 0.05) is 11.3 Å². The number of hydrogen-bond acceptors (Lipinski definition) is 3. The fourth-order valence-corrected chi connectivity index (χ4v) is 1.85. The summed E-state index contributed by atoms with van der Waals surface area (Å²) in [7, 11) is 2.93. The van der Waals surface area contributed by atoms with Crippen LogP contribution in [-0.2, 0) is 0 Å². The van der Waals surface area contributed by atoms with Crippen molar-refractivity contribution < 1.29 is 27.4 Å². The van der Waals surface area contributed by atoms with E-state index in [1.54, 1.807) is 18.2 Å². The Kier molecular flexibility index (Phi) is 3.93. The number of nitrogens with one attached hydrogen (secondary N) is 1. The normalized spacial score (nSPS) is 11.3. The number of aromatic nitrogens is 1. The van der Waals surface area contributed by atoms with E-state index in [1.807, 2.05) is 0 Å². The number of Topliss-reactive ketones (excluding diaryl/α,β-unsaturated/α-hetero) is 1. The molecule has 0 unspecified atom stereocenters. The van der Waals surface area contributed by atoms with Crippen LogP contribution in [0.5, 0.6) is 11.5 Å². The van der Waals surface area contributed by atoms with Gasteiger partial charge in [0.05, 0.1) is 19.9 Å². The molecule has 1 N–H and O–H groups in total. The number of ether oxygens (including phenoxy) is 2. The van der Waals surface area contributed by atoms with Crippen LogP contribution in [0.15, 0.2) is 30.3 Å². The molecule has 21 heavy (non-hydrogen) atoms. The highest BCUT2D eigenvalue weighted by molar-refractivity contribution is 5.99. The molecule has 0 saturated heterocycles. The Morgan fingerprint density at radius 2 is 1.71 bits per heavy atom. The van der Waals surface area contributed by atoms with Gasteiger partial charge in [-0.05, 0) is 30.3 Å². The molecular formula is C14H12F3NO3. The van der Waals surface area contributed by atoms with E-state index < -0.39 is 17.7 Å². The van der Waals surface area contributed by atoms with Gasteiger partial charge in [-0.25, -0.2) is 0 Å². The van der Waals surface area contributed by atoms with Crippen molar-refractivity contribution in [2.24, 2.45) is 0 Å². The van der Waals surface area contributed by atoms with Gasteiger partial charge in [-0.2, -0.15) is 13.2 Å². The lowest BCUT2D eigenvalue weighted by Crippen LogP contribution is -2.22. The summed E-state index contributed by atoms with van der Waals surface area (Å²) in [5.41, 5.74) is 0.449. The summed E-state index contributed by atoms with van der Waals surface area (Å²) in [4.78, 5) is 13.6. The van der Waals surface area contributed by atoms with E-state index in [1.165, 1.54) is 20.3 Å². The van der Waals surface area contributed by atoms with Crippen LogP contribution in [0, 0.1) is 0 Å². The average molecular weight is 299 g/mol. The van der Waals surface area contributed by atoms with E-state index in [0.717, 1.165) is 6.07 Å². The minimum atomic E-state index is -4.90. The molecule has 0 aliphatic rings. The van der Waals surface area contributed by atoms with Gasteiger partial charge in [0.15, 0.2) is 11.5 Å². The standard InChI is InChI=1S/C14H12F3NO3/c1-20-11-6-3-8(7-12(11)21-2)9-4-5-10(18-9)13(19)14(15,16)17/h3-7,18H,1-2H3. The SMILES string of the molecule is COc1ccc(-c2ccc(C(=O)C(F)(F)F)[nH]2)cc1OC. The lowest BCUT2D eigenvalue weighted by molar-refractivity contribution is -0.0887. The van der Waals surface area contributed by atoms with Crippen molar-refractivity contribution >= 4 is 5.78 Å². The van der Waals surface area contributed by atoms with Crippen molar-refractivity contribution in [2.45, 2.75) is 6.18 Å². The molecule has 0 fully saturated rings. The lowest BCUT2D eigenvalue weighted by Gasteiger charge is -2.08. The van der Waals surface area contributed by atoms with Crippen LogP contribution in [0.4, 0.5) is 13.2 Å². The van der Waals surface area contributed by atoms with Crippen molar-refractivity contribution in [2.75, 3.05) is 14.2 Å². The molecule has 0 spiro atoms. The maximum absolute atomic E-state index is 12.4. The van der Waals surface area contributed by atoms with E-state index in [0.29, 0.717) is 22.8 Å². The maximum atomic E-state index is 12.4. The fourth-order valence-electron chi connectivity index (χ4n) is 1.85. The molecule has 0 atom stereocenters. The predicted molar refractivity (Wildman–Crippen MR) is 69.7 cm³/mol. The zero-order chi connectivity index (χ0) is 15.6. The number of halogens is 3. The number of alkyl halides is 3. The van der Waals surface area contributed by atoms with Gasteiger partial charge in [0.1, 0.15) is 0 Å². The number of carbonyl (C=O) groups is 1. The molecule has 0 aliphatic carbocycles. The van der Waals surface area contributed by atoms with Crippen molar-refractivity contribution in [3.05, 3.63) is 36.0 Å². The highest BCUT2D eigenvalue weighted by Gasteiger charge is 2.40. The third-order valence-corrected chi connectivity index (χ3v) is 2.88. The summed E-state index contributed by atoms with van der Waals surface area (Å²) >= 11 is 0. The second kappa shape index (κ2) is 5.51. The quantitative estimate of drug-likeness (QED) is 0.880. The Labute approximate surface area is 118 Å². The molecule has 0 aliphatic heterocycles. The minimum Gasteiger partial charge on any atom is -0.493 e. The number of rotatable bonds is 4. The number of methoxy groups -OCH3 is 2. The summed E-state index contributed by atoms with van der Waals surface area (Å²) in [6.07, 6.45) is -4.90. The maximum Gasteiger partial charge on any atom is 0.456 e. The van der Waals surface area contributed by atoms with Gasteiger partial charge in [-0.3, -0.25) is 4.79 Å². The van der Waals surface area contributed by atoms with Gasteiger partial charge in [-0.1, -0.05) is 0 Å². The number of hydrogen-bond donors (Lipinski definition) is 1. The smallest absolute Gasteiger partial charge is 0.456 e. The monoisotopic (exact) mass is 299 g/mol. The molecule has 2 rings (SSSR count). The number of ketones is 1. The van der Waals surface area contributed by atoms with E-state index >= 15 is 0 Å². The van der Waals surface area contributed by atoms with Crippen LogP contribution >= 0.6 is 0 Å².